The van der Waals surface area contributed by atoms with Crippen molar-refractivity contribution in [3.8, 4) is 0 Å². The summed E-state index contributed by atoms with van der Waals surface area (Å²) in [6, 6.07) is 18.7. The lowest BCUT2D eigenvalue weighted by molar-refractivity contribution is 0.0458. The summed E-state index contributed by atoms with van der Waals surface area (Å²) in [5, 5.41) is 19.7. The predicted octanol–water partition coefficient (Wildman–Crippen LogP) is 4.31. The summed E-state index contributed by atoms with van der Waals surface area (Å²) in [7, 11) is 0. The summed E-state index contributed by atoms with van der Waals surface area (Å²) in [6.45, 7) is 5.64. The largest absolute Gasteiger partial charge is 0.457 e. The zero-order valence-corrected chi connectivity index (χ0v) is 21.7. The number of Topliss-reactive ketones (excluding diaryl/α,β-unsaturated/α-hetero) is 2. The smallest absolute Gasteiger partial charge is 0.338 e. The van der Waals surface area contributed by atoms with Crippen LogP contribution in [0.2, 0.25) is 0 Å². The lowest BCUT2D eigenvalue weighted by Gasteiger charge is -2.15. The fourth-order valence-electron chi connectivity index (χ4n) is 3.42. The third-order valence-corrected chi connectivity index (χ3v) is 5.64. The van der Waals surface area contributed by atoms with Gasteiger partial charge in [0.1, 0.15) is 24.4 Å². The van der Waals surface area contributed by atoms with Crippen molar-refractivity contribution in [2.75, 3.05) is 0 Å². The summed E-state index contributed by atoms with van der Waals surface area (Å²) < 4.78 is 10.6. The summed E-state index contributed by atoms with van der Waals surface area (Å²) in [5.74, 6) is -1.98. The maximum absolute atomic E-state index is 12.4. The summed E-state index contributed by atoms with van der Waals surface area (Å²) >= 11 is 0. The first kappa shape index (κ1) is 28.4. The number of ketones is 2. The average Bonchev–Trinajstić information content (AvgIpc) is 2.89. The minimum atomic E-state index is -1.47. The topological polar surface area (TPSA) is 127 Å². The Morgan fingerprint density at radius 3 is 1.05 bits per heavy atom. The molecule has 0 aliphatic carbocycles. The van der Waals surface area contributed by atoms with Crippen molar-refractivity contribution in [3.63, 3.8) is 0 Å². The molecule has 198 valence electrons. The van der Waals surface area contributed by atoms with Crippen LogP contribution in [0.25, 0.3) is 0 Å². The Kier molecular flexibility index (Phi) is 8.60. The Morgan fingerprint density at radius 2 is 0.789 bits per heavy atom. The lowest BCUT2D eigenvalue weighted by atomic mass is 9.96. The molecule has 3 aromatic rings. The first-order valence-corrected chi connectivity index (χ1v) is 11.9. The second-order valence-corrected chi connectivity index (χ2v) is 9.90. The standard InChI is InChI=1S/C30H30O8/c1-29(2,35)25(31)21-9-5-19(6-10-21)17-37-27(33)23-13-15-24(16-14-23)28(34)38-18-20-7-11-22(12-8-20)26(32)30(3,4)36/h5-16,35-36H,17-18H2,1-4H3. The third kappa shape index (κ3) is 7.44. The van der Waals surface area contributed by atoms with E-state index in [0.717, 1.165) is 0 Å². The van der Waals surface area contributed by atoms with Crippen LogP contribution in [0, 0.1) is 0 Å². The van der Waals surface area contributed by atoms with Gasteiger partial charge >= 0.3 is 11.9 Å². The molecular formula is C30H30O8. The van der Waals surface area contributed by atoms with E-state index in [4.69, 9.17) is 9.47 Å². The minimum Gasteiger partial charge on any atom is -0.457 e. The van der Waals surface area contributed by atoms with Crippen LogP contribution in [0.4, 0.5) is 0 Å². The molecule has 8 heteroatoms. The molecule has 0 unspecified atom stereocenters. The molecule has 0 heterocycles. The zero-order valence-electron chi connectivity index (χ0n) is 21.7. The Labute approximate surface area is 220 Å². The monoisotopic (exact) mass is 518 g/mol. The predicted molar refractivity (Wildman–Crippen MR) is 139 cm³/mol. The first-order valence-electron chi connectivity index (χ1n) is 11.9. The van der Waals surface area contributed by atoms with E-state index in [1.807, 2.05) is 0 Å². The van der Waals surface area contributed by atoms with Gasteiger partial charge in [-0.1, -0.05) is 48.5 Å². The van der Waals surface area contributed by atoms with E-state index >= 15 is 0 Å². The molecule has 0 atom stereocenters. The van der Waals surface area contributed by atoms with Crippen LogP contribution in [0.3, 0.4) is 0 Å². The number of ether oxygens (including phenoxy) is 2. The van der Waals surface area contributed by atoms with Crippen LogP contribution < -0.4 is 0 Å². The lowest BCUT2D eigenvalue weighted by Crippen LogP contribution is -2.31. The van der Waals surface area contributed by atoms with E-state index in [2.05, 4.69) is 0 Å². The Hall–Kier alpha value is -4.14. The van der Waals surface area contributed by atoms with Gasteiger partial charge in [0.25, 0.3) is 0 Å². The van der Waals surface area contributed by atoms with Crippen molar-refractivity contribution in [1.82, 2.24) is 0 Å². The SMILES string of the molecule is CC(C)(O)C(=O)c1ccc(COC(=O)c2ccc(C(=O)OCc3ccc(C(=O)C(C)(C)O)cc3)cc2)cc1. The molecule has 0 bridgehead atoms. The molecule has 0 amide bonds. The van der Waals surface area contributed by atoms with Crippen LogP contribution in [0.5, 0.6) is 0 Å². The van der Waals surface area contributed by atoms with E-state index < -0.39 is 34.7 Å². The van der Waals surface area contributed by atoms with Crippen LogP contribution in [0.1, 0.15) is 80.3 Å². The summed E-state index contributed by atoms with van der Waals surface area (Å²) in [6.07, 6.45) is 0. The number of esters is 2. The molecule has 0 spiro atoms. The molecule has 0 fully saturated rings. The minimum absolute atomic E-state index is 0.0141. The number of rotatable bonds is 10. The van der Waals surface area contributed by atoms with Crippen LogP contribution >= 0.6 is 0 Å². The molecule has 8 nitrogen and oxygen atoms in total. The van der Waals surface area contributed by atoms with E-state index in [1.165, 1.54) is 52.0 Å². The maximum atomic E-state index is 12.4. The van der Waals surface area contributed by atoms with Crippen molar-refractivity contribution in [2.45, 2.75) is 52.1 Å². The molecule has 3 aromatic carbocycles. The molecular weight excluding hydrogens is 488 g/mol. The van der Waals surface area contributed by atoms with E-state index in [9.17, 15) is 29.4 Å². The third-order valence-electron chi connectivity index (χ3n) is 5.64. The molecule has 0 saturated heterocycles. The van der Waals surface area contributed by atoms with Gasteiger partial charge < -0.3 is 19.7 Å². The number of carbonyl (C=O) groups excluding carboxylic acids is 4. The van der Waals surface area contributed by atoms with Gasteiger partial charge in [0, 0.05) is 11.1 Å². The van der Waals surface area contributed by atoms with Crippen molar-refractivity contribution in [3.05, 3.63) is 106 Å². The highest BCUT2D eigenvalue weighted by Gasteiger charge is 2.26. The second kappa shape index (κ2) is 11.5. The van der Waals surface area contributed by atoms with Gasteiger partial charge in [-0.15, -0.1) is 0 Å². The Balaban J connectivity index is 1.51. The molecule has 38 heavy (non-hydrogen) atoms. The quantitative estimate of drug-likeness (QED) is 0.300. The highest BCUT2D eigenvalue weighted by atomic mass is 16.5. The summed E-state index contributed by atoms with van der Waals surface area (Å²) in [5.41, 5.74) is -0.395. The number of hydrogen-bond donors (Lipinski definition) is 2. The molecule has 0 aliphatic rings. The van der Waals surface area contributed by atoms with Gasteiger partial charge in [0.05, 0.1) is 11.1 Å². The van der Waals surface area contributed by atoms with Crippen LogP contribution in [-0.2, 0) is 22.7 Å². The molecule has 2 N–H and O–H groups in total. The van der Waals surface area contributed by atoms with Crippen LogP contribution in [-0.4, -0.2) is 44.9 Å². The van der Waals surface area contributed by atoms with E-state index in [0.29, 0.717) is 22.3 Å². The second-order valence-electron chi connectivity index (χ2n) is 9.90. The van der Waals surface area contributed by atoms with Gasteiger partial charge in [-0.2, -0.15) is 0 Å². The van der Waals surface area contributed by atoms with E-state index in [-0.39, 0.29) is 24.3 Å². The van der Waals surface area contributed by atoms with Gasteiger partial charge in [-0.05, 0) is 63.1 Å². The molecule has 0 radical (unpaired) electrons. The average molecular weight is 519 g/mol. The van der Waals surface area contributed by atoms with Gasteiger partial charge in [0.15, 0.2) is 11.6 Å². The van der Waals surface area contributed by atoms with Crippen molar-refractivity contribution in [1.29, 1.82) is 0 Å². The first-order chi connectivity index (χ1) is 17.8. The molecule has 0 aromatic heterocycles. The molecule has 0 saturated carbocycles. The van der Waals surface area contributed by atoms with Crippen LogP contribution in [0.15, 0.2) is 72.8 Å². The normalized spacial score (nSPS) is 11.5. The summed E-state index contributed by atoms with van der Waals surface area (Å²) in [4.78, 5) is 49.0. The molecule has 3 rings (SSSR count). The number of benzene rings is 3. The zero-order chi connectivity index (χ0) is 28.1. The fourth-order valence-corrected chi connectivity index (χ4v) is 3.42. The maximum Gasteiger partial charge on any atom is 0.338 e. The number of carbonyl (C=O) groups is 4. The van der Waals surface area contributed by atoms with E-state index in [1.54, 1.807) is 48.5 Å². The van der Waals surface area contributed by atoms with Gasteiger partial charge in [0.2, 0.25) is 0 Å². The highest BCUT2D eigenvalue weighted by molar-refractivity contribution is 6.02. The van der Waals surface area contributed by atoms with Crippen molar-refractivity contribution in [2.24, 2.45) is 0 Å². The number of hydrogen-bond acceptors (Lipinski definition) is 8. The Morgan fingerprint density at radius 1 is 0.526 bits per heavy atom. The van der Waals surface area contributed by atoms with Gasteiger partial charge in [-0.3, -0.25) is 9.59 Å². The van der Waals surface area contributed by atoms with Crippen molar-refractivity contribution < 1.29 is 38.9 Å². The van der Waals surface area contributed by atoms with Gasteiger partial charge in [-0.25, -0.2) is 9.59 Å². The van der Waals surface area contributed by atoms with Crippen molar-refractivity contribution >= 4 is 23.5 Å². The Bertz CT molecular complexity index is 1200. The fraction of sp³-hybridized carbons (Fsp3) is 0.267. The number of aliphatic hydroxyl groups is 2. The molecule has 0 aliphatic heterocycles. The highest BCUT2D eigenvalue weighted by Crippen LogP contribution is 2.16.